The number of nitrogens with zero attached hydrogens (tertiary/aromatic N) is 2. The van der Waals surface area contributed by atoms with E-state index in [-0.39, 0.29) is 11.9 Å². The van der Waals surface area contributed by atoms with Crippen molar-refractivity contribution in [3.05, 3.63) is 70.8 Å². The van der Waals surface area contributed by atoms with Crippen molar-refractivity contribution in [2.75, 3.05) is 13.1 Å². The monoisotopic (exact) mass is 446 g/mol. The maximum Gasteiger partial charge on any atom is 0.416 e. The summed E-state index contributed by atoms with van der Waals surface area (Å²) in [5.41, 5.74) is 2.24. The fourth-order valence-corrected chi connectivity index (χ4v) is 3.68. The molecule has 1 amide bonds. The van der Waals surface area contributed by atoms with E-state index in [1.165, 1.54) is 17.2 Å². The number of alkyl halides is 3. The molecule has 5 nitrogen and oxygen atoms in total. The number of halogens is 3. The van der Waals surface area contributed by atoms with Gasteiger partial charge in [-0.2, -0.15) is 13.2 Å². The molecule has 1 unspecified atom stereocenters. The maximum absolute atomic E-state index is 13.0. The Balaban J connectivity index is 1.51. The van der Waals surface area contributed by atoms with E-state index < -0.39 is 11.7 Å². The molecule has 1 aliphatic rings. The number of rotatable bonds is 7. The van der Waals surface area contributed by atoms with E-state index in [4.69, 9.17) is 0 Å². The normalized spacial score (nSPS) is 14.8. The lowest BCUT2D eigenvalue weighted by Crippen LogP contribution is -2.39. The van der Waals surface area contributed by atoms with Gasteiger partial charge in [0.15, 0.2) is 5.96 Å². The molecule has 172 valence electrons. The van der Waals surface area contributed by atoms with E-state index in [0.717, 1.165) is 12.1 Å². The molecule has 1 aliphatic heterocycles. The SMILES string of the molecule is CCNC(=NCCCC(=O)N1Cc2ccccc2C1)NC(C)c1cccc(C(F)(F)F)c1. The summed E-state index contributed by atoms with van der Waals surface area (Å²) in [6.45, 7) is 6.06. The molecule has 0 radical (unpaired) electrons. The van der Waals surface area contributed by atoms with E-state index in [0.29, 0.717) is 50.5 Å². The van der Waals surface area contributed by atoms with Gasteiger partial charge in [0.25, 0.3) is 0 Å². The third-order valence-corrected chi connectivity index (χ3v) is 5.42. The smallest absolute Gasteiger partial charge is 0.357 e. The van der Waals surface area contributed by atoms with E-state index in [2.05, 4.69) is 15.6 Å². The van der Waals surface area contributed by atoms with Gasteiger partial charge in [0.1, 0.15) is 0 Å². The van der Waals surface area contributed by atoms with E-state index in [1.54, 1.807) is 13.0 Å². The van der Waals surface area contributed by atoms with Crippen LogP contribution >= 0.6 is 0 Å². The predicted octanol–water partition coefficient (Wildman–Crippen LogP) is 4.64. The van der Waals surface area contributed by atoms with Crippen LogP contribution in [0.25, 0.3) is 0 Å². The van der Waals surface area contributed by atoms with Gasteiger partial charge in [0.2, 0.25) is 5.91 Å². The summed E-state index contributed by atoms with van der Waals surface area (Å²) in [5, 5.41) is 6.25. The van der Waals surface area contributed by atoms with E-state index in [9.17, 15) is 18.0 Å². The molecule has 3 rings (SSSR count). The van der Waals surface area contributed by atoms with Crippen molar-refractivity contribution in [1.29, 1.82) is 0 Å². The first kappa shape index (κ1) is 23.6. The second-order valence-corrected chi connectivity index (χ2v) is 7.87. The van der Waals surface area contributed by atoms with Gasteiger partial charge >= 0.3 is 6.18 Å². The molecule has 2 aromatic carbocycles. The van der Waals surface area contributed by atoms with Crippen molar-refractivity contribution in [3.8, 4) is 0 Å². The molecule has 0 fully saturated rings. The number of amides is 1. The van der Waals surface area contributed by atoms with Crippen LogP contribution in [0.2, 0.25) is 0 Å². The molecule has 32 heavy (non-hydrogen) atoms. The molecular weight excluding hydrogens is 417 g/mol. The van der Waals surface area contributed by atoms with Crippen LogP contribution in [-0.4, -0.2) is 29.9 Å². The van der Waals surface area contributed by atoms with Crippen molar-refractivity contribution in [2.45, 2.75) is 52.0 Å². The van der Waals surface area contributed by atoms with Crippen LogP contribution in [0.3, 0.4) is 0 Å². The van der Waals surface area contributed by atoms with Gasteiger partial charge < -0.3 is 15.5 Å². The Bertz CT molecular complexity index is 933. The summed E-state index contributed by atoms with van der Waals surface area (Å²) in [5.74, 6) is 0.616. The average Bonchev–Trinajstić information content (AvgIpc) is 3.20. The summed E-state index contributed by atoms with van der Waals surface area (Å²) in [6, 6.07) is 13.0. The molecular formula is C24H29F3N4O. The molecule has 2 N–H and O–H groups in total. The zero-order chi connectivity index (χ0) is 23.1. The van der Waals surface area contributed by atoms with E-state index in [1.807, 2.05) is 36.1 Å². The third kappa shape index (κ3) is 6.24. The Hall–Kier alpha value is -3.03. The lowest BCUT2D eigenvalue weighted by molar-refractivity contribution is -0.137. The molecule has 0 spiro atoms. The number of carbonyl (C=O) groups is 1. The van der Waals surface area contributed by atoms with Crippen LogP contribution in [0.4, 0.5) is 13.2 Å². The Morgan fingerprint density at radius 3 is 2.44 bits per heavy atom. The molecule has 0 saturated heterocycles. The second kappa shape index (κ2) is 10.5. The Labute approximate surface area is 186 Å². The summed E-state index contributed by atoms with van der Waals surface area (Å²) >= 11 is 0. The summed E-state index contributed by atoms with van der Waals surface area (Å²) in [6.07, 6.45) is -3.38. The highest BCUT2D eigenvalue weighted by Crippen LogP contribution is 2.30. The highest BCUT2D eigenvalue weighted by atomic mass is 19.4. The zero-order valence-electron chi connectivity index (χ0n) is 18.4. The van der Waals surface area contributed by atoms with Crippen molar-refractivity contribution in [1.82, 2.24) is 15.5 Å². The van der Waals surface area contributed by atoms with Crippen LogP contribution in [0.5, 0.6) is 0 Å². The van der Waals surface area contributed by atoms with Gasteiger partial charge in [0, 0.05) is 32.6 Å². The van der Waals surface area contributed by atoms with Crippen LogP contribution in [-0.2, 0) is 24.1 Å². The first-order chi connectivity index (χ1) is 15.3. The first-order valence-corrected chi connectivity index (χ1v) is 10.8. The van der Waals surface area contributed by atoms with Gasteiger partial charge in [-0.25, -0.2) is 0 Å². The molecule has 0 saturated carbocycles. The Morgan fingerprint density at radius 1 is 1.12 bits per heavy atom. The van der Waals surface area contributed by atoms with Crippen LogP contribution < -0.4 is 10.6 Å². The minimum Gasteiger partial charge on any atom is -0.357 e. The van der Waals surface area contributed by atoms with Crippen molar-refractivity contribution in [3.63, 3.8) is 0 Å². The molecule has 1 heterocycles. The number of hydrogen-bond donors (Lipinski definition) is 2. The predicted molar refractivity (Wildman–Crippen MR) is 119 cm³/mol. The van der Waals surface area contributed by atoms with Crippen molar-refractivity contribution < 1.29 is 18.0 Å². The first-order valence-electron chi connectivity index (χ1n) is 10.8. The van der Waals surface area contributed by atoms with Crippen molar-refractivity contribution in [2.24, 2.45) is 4.99 Å². The van der Waals surface area contributed by atoms with Gasteiger partial charge in [-0.05, 0) is 49.1 Å². The number of guanidine groups is 1. The molecule has 0 aliphatic carbocycles. The largest absolute Gasteiger partial charge is 0.416 e. The molecule has 0 bridgehead atoms. The topological polar surface area (TPSA) is 56.7 Å². The number of aliphatic imine (C=N–C) groups is 1. The van der Waals surface area contributed by atoms with Gasteiger partial charge in [-0.1, -0.05) is 36.4 Å². The number of nitrogens with one attached hydrogen (secondary N) is 2. The molecule has 8 heteroatoms. The Morgan fingerprint density at radius 2 is 1.81 bits per heavy atom. The average molecular weight is 447 g/mol. The fraction of sp³-hybridized carbons (Fsp3) is 0.417. The standard InChI is InChI=1S/C24H29F3N4O/c1-3-28-23(30-17(2)18-10-6-11-21(14-18)24(25,26)27)29-13-7-12-22(32)31-15-19-8-4-5-9-20(19)16-31/h4-6,8-11,14,17H,3,7,12-13,15-16H2,1-2H3,(H2,28,29,30). The summed E-state index contributed by atoms with van der Waals surface area (Å²) < 4.78 is 39.0. The quantitative estimate of drug-likeness (QED) is 0.370. The lowest BCUT2D eigenvalue weighted by atomic mass is 10.1. The van der Waals surface area contributed by atoms with Gasteiger partial charge in [0.05, 0.1) is 11.6 Å². The summed E-state index contributed by atoms with van der Waals surface area (Å²) in [7, 11) is 0. The fourth-order valence-electron chi connectivity index (χ4n) is 3.68. The van der Waals surface area contributed by atoms with Gasteiger partial charge in [-0.3, -0.25) is 9.79 Å². The highest BCUT2D eigenvalue weighted by Gasteiger charge is 2.30. The minimum atomic E-state index is -4.38. The lowest BCUT2D eigenvalue weighted by Gasteiger charge is -2.19. The van der Waals surface area contributed by atoms with Crippen LogP contribution in [0, 0.1) is 0 Å². The minimum absolute atomic E-state index is 0.103. The maximum atomic E-state index is 13.0. The van der Waals surface area contributed by atoms with Crippen LogP contribution in [0.1, 0.15) is 55.0 Å². The van der Waals surface area contributed by atoms with Gasteiger partial charge in [-0.15, -0.1) is 0 Å². The number of carbonyl (C=O) groups excluding carboxylic acids is 1. The number of benzene rings is 2. The zero-order valence-corrected chi connectivity index (χ0v) is 18.4. The molecule has 2 aromatic rings. The number of fused-ring (bicyclic) bond motifs is 1. The molecule has 1 atom stereocenters. The molecule has 0 aromatic heterocycles. The summed E-state index contributed by atoms with van der Waals surface area (Å²) in [4.78, 5) is 18.9. The van der Waals surface area contributed by atoms with Crippen molar-refractivity contribution >= 4 is 11.9 Å². The second-order valence-electron chi connectivity index (χ2n) is 7.87. The highest BCUT2D eigenvalue weighted by molar-refractivity contribution is 5.80. The number of hydrogen-bond acceptors (Lipinski definition) is 2. The third-order valence-electron chi connectivity index (χ3n) is 5.42. The van der Waals surface area contributed by atoms with E-state index >= 15 is 0 Å². The van der Waals surface area contributed by atoms with Crippen LogP contribution in [0.15, 0.2) is 53.5 Å². The Kier molecular flexibility index (Phi) is 7.77.